The number of carbonyl (C=O) groups excluding carboxylic acids is 1. The topological polar surface area (TPSA) is 44.4 Å². The molecular weight excluding hydrogens is 334 g/mol. The highest BCUT2D eigenvalue weighted by Crippen LogP contribution is 2.22. The molecule has 2 aromatic rings. The maximum Gasteiger partial charge on any atom is 0.248 e. The average molecular weight is 364 g/mol. The zero-order valence-corrected chi connectivity index (χ0v) is 16.4. The smallest absolute Gasteiger partial charge is 0.248 e. The molecule has 0 saturated carbocycles. The summed E-state index contributed by atoms with van der Waals surface area (Å²) >= 11 is 0. The summed E-state index contributed by atoms with van der Waals surface area (Å²) in [5, 5.41) is 6.25. The first kappa shape index (κ1) is 19.2. The van der Waals surface area contributed by atoms with Gasteiger partial charge in [-0.2, -0.15) is 0 Å². The zero-order chi connectivity index (χ0) is 19.2. The molecule has 3 rings (SSSR count). The second-order valence-electron chi connectivity index (χ2n) is 7.41. The van der Waals surface area contributed by atoms with Gasteiger partial charge in [0.1, 0.15) is 0 Å². The maximum atomic E-state index is 12.2. The first-order valence-corrected chi connectivity index (χ1v) is 9.66. The highest BCUT2D eigenvalue weighted by atomic mass is 16.1. The van der Waals surface area contributed by atoms with Crippen LogP contribution in [0.4, 0.5) is 11.4 Å². The highest BCUT2D eigenvalue weighted by molar-refractivity contribution is 6.02. The number of nitrogens with zero attached hydrogens (tertiary/aromatic N) is 1. The lowest BCUT2D eigenvalue weighted by Crippen LogP contribution is -2.29. The van der Waals surface area contributed by atoms with Crippen molar-refractivity contribution in [1.29, 1.82) is 0 Å². The van der Waals surface area contributed by atoms with Crippen molar-refractivity contribution >= 4 is 23.4 Å². The summed E-state index contributed by atoms with van der Waals surface area (Å²) < 4.78 is 0. The third kappa shape index (κ3) is 5.20. The summed E-state index contributed by atoms with van der Waals surface area (Å²) in [7, 11) is 2.01. The van der Waals surface area contributed by atoms with Crippen molar-refractivity contribution in [2.24, 2.45) is 0 Å². The van der Waals surface area contributed by atoms with Crippen LogP contribution in [0.5, 0.6) is 0 Å². The van der Waals surface area contributed by atoms with Crippen molar-refractivity contribution < 1.29 is 4.79 Å². The van der Waals surface area contributed by atoms with E-state index in [1.807, 2.05) is 37.4 Å². The van der Waals surface area contributed by atoms with E-state index in [0.717, 1.165) is 30.8 Å². The fraction of sp³-hybridized carbons (Fsp3) is 0.348. The largest absolute Gasteiger partial charge is 0.370 e. The third-order valence-corrected chi connectivity index (χ3v) is 5.13. The number of nitrogens with one attached hydrogen (secondary N) is 2. The molecule has 4 heteroatoms. The van der Waals surface area contributed by atoms with E-state index in [1.165, 1.54) is 11.3 Å². The molecule has 1 aliphatic heterocycles. The number of hydrogen-bond acceptors (Lipinski definition) is 3. The van der Waals surface area contributed by atoms with Crippen LogP contribution in [0, 0.1) is 0 Å². The van der Waals surface area contributed by atoms with E-state index >= 15 is 0 Å². The summed E-state index contributed by atoms with van der Waals surface area (Å²) in [6.07, 6.45) is 4.59. The molecule has 0 aromatic heterocycles. The van der Waals surface area contributed by atoms with Crippen LogP contribution in [0.3, 0.4) is 0 Å². The number of anilines is 2. The van der Waals surface area contributed by atoms with E-state index in [1.54, 1.807) is 6.08 Å². The van der Waals surface area contributed by atoms with Gasteiger partial charge in [0.25, 0.3) is 0 Å². The van der Waals surface area contributed by atoms with Gasteiger partial charge < -0.3 is 15.5 Å². The first-order valence-electron chi connectivity index (χ1n) is 9.66. The Bertz CT molecular complexity index is 778. The van der Waals surface area contributed by atoms with Crippen LogP contribution in [0.2, 0.25) is 0 Å². The summed E-state index contributed by atoms with van der Waals surface area (Å²) in [6.45, 7) is 6.44. The minimum absolute atomic E-state index is 0.118. The Morgan fingerprint density at radius 1 is 1.11 bits per heavy atom. The Labute approximate surface area is 162 Å². The number of likely N-dealkylation sites (N-methyl/N-ethyl adjacent to an activating group) is 1. The van der Waals surface area contributed by atoms with Crippen LogP contribution in [0.1, 0.15) is 37.3 Å². The third-order valence-electron chi connectivity index (χ3n) is 5.13. The van der Waals surface area contributed by atoms with Crippen LogP contribution < -0.4 is 15.5 Å². The first-order chi connectivity index (χ1) is 13.0. The number of rotatable bonds is 6. The predicted octanol–water partition coefficient (Wildman–Crippen LogP) is 4.26. The molecule has 142 valence electrons. The molecule has 2 N–H and O–H groups in total. The molecule has 1 saturated heterocycles. The normalized spacial score (nSPS) is 17.0. The van der Waals surface area contributed by atoms with Gasteiger partial charge in [0.2, 0.25) is 5.91 Å². The fourth-order valence-electron chi connectivity index (χ4n) is 3.33. The van der Waals surface area contributed by atoms with Gasteiger partial charge in [0.05, 0.1) is 0 Å². The van der Waals surface area contributed by atoms with Crippen LogP contribution in [0.15, 0.2) is 54.6 Å². The SMILES string of the molecule is CNC1CCN(c2ccc(NC(=O)/C=C/c3ccc(C(C)C)cc3)cc2)C1. The van der Waals surface area contributed by atoms with E-state index in [0.29, 0.717) is 12.0 Å². The number of carbonyl (C=O) groups is 1. The minimum Gasteiger partial charge on any atom is -0.370 e. The van der Waals surface area contributed by atoms with Crippen molar-refractivity contribution in [3.05, 3.63) is 65.7 Å². The van der Waals surface area contributed by atoms with Crippen LogP contribution in [-0.2, 0) is 4.79 Å². The van der Waals surface area contributed by atoms with Gasteiger partial charge >= 0.3 is 0 Å². The molecule has 1 atom stereocenters. The Morgan fingerprint density at radius 3 is 2.41 bits per heavy atom. The van der Waals surface area contributed by atoms with Gasteiger partial charge in [-0.3, -0.25) is 4.79 Å². The quantitative estimate of drug-likeness (QED) is 0.754. The second kappa shape index (κ2) is 8.87. The van der Waals surface area contributed by atoms with Crippen molar-refractivity contribution in [3.63, 3.8) is 0 Å². The summed E-state index contributed by atoms with van der Waals surface area (Å²) in [5.41, 5.74) is 4.34. The van der Waals surface area contributed by atoms with E-state index < -0.39 is 0 Å². The van der Waals surface area contributed by atoms with Gasteiger partial charge in [-0.1, -0.05) is 38.1 Å². The molecule has 27 heavy (non-hydrogen) atoms. The molecule has 1 aliphatic rings. The summed E-state index contributed by atoms with van der Waals surface area (Å²) in [4.78, 5) is 14.5. The second-order valence-corrected chi connectivity index (χ2v) is 7.41. The molecule has 0 radical (unpaired) electrons. The van der Waals surface area contributed by atoms with Gasteiger partial charge in [0, 0.05) is 36.6 Å². The molecular formula is C23H29N3O. The standard InChI is InChI=1S/C23H29N3O/c1-17(2)19-7-4-18(5-8-19)6-13-23(27)25-20-9-11-22(12-10-20)26-15-14-21(16-26)24-3/h4-13,17,21,24H,14-16H2,1-3H3,(H,25,27)/b13-6+. The van der Waals surface area contributed by atoms with E-state index in [-0.39, 0.29) is 5.91 Å². The number of hydrogen-bond donors (Lipinski definition) is 2. The molecule has 4 nitrogen and oxygen atoms in total. The molecule has 1 heterocycles. The molecule has 0 bridgehead atoms. The lowest BCUT2D eigenvalue weighted by atomic mass is 10.0. The van der Waals surface area contributed by atoms with E-state index in [4.69, 9.17) is 0 Å². The summed E-state index contributed by atoms with van der Waals surface area (Å²) in [6, 6.07) is 16.9. The van der Waals surface area contributed by atoms with Gasteiger partial charge in [-0.25, -0.2) is 0 Å². The molecule has 1 fully saturated rings. The van der Waals surface area contributed by atoms with Gasteiger partial charge in [-0.15, -0.1) is 0 Å². The summed E-state index contributed by atoms with van der Waals surface area (Å²) in [5.74, 6) is 0.395. The predicted molar refractivity (Wildman–Crippen MR) is 114 cm³/mol. The Hall–Kier alpha value is -2.59. The number of amides is 1. The molecule has 2 aromatic carbocycles. The van der Waals surface area contributed by atoms with Crippen molar-refractivity contribution in [2.75, 3.05) is 30.4 Å². The lowest BCUT2D eigenvalue weighted by molar-refractivity contribution is -0.111. The zero-order valence-electron chi connectivity index (χ0n) is 16.4. The van der Waals surface area contributed by atoms with Gasteiger partial charge in [0.15, 0.2) is 0 Å². The van der Waals surface area contributed by atoms with E-state index in [9.17, 15) is 4.79 Å². The van der Waals surface area contributed by atoms with Crippen LogP contribution in [0.25, 0.3) is 6.08 Å². The Morgan fingerprint density at radius 2 is 1.81 bits per heavy atom. The molecule has 0 aliphatic carbocycles. The monoisotopic (exact) mass is 363 g/mol. The minimum atomic E-state index is -0.118. The maximum absolute atomic E-state index is 12.2. The van der Waals surface area contributed by atoms with Crippen LogP contribution in [-0.4, -0.2) is 32.1 Å². The molecule has 1 unspecified atom stereocenters. The number of benzene rings is 2. The van der Waals surface area contributed by atoms with E-state index in [2.05, 4.69) is 53.6 Å². The highest BCUT2D eigenvalue weighted by Gasteiger charge is 2.20. The average Bonchev–Trinajstić information content (AvgIpc) is 3.16. The Kier molecular flexibility index (Phi) is 6.30. The van der Waals surface area contributed by atoms with Gasteiger partial charge in [-0.05, 0) is 60.9 Å². The molecule has 0 spiro atoms. The van der Waals surface area contributed by atoms with Crippen molar-refractivity contribution in [3.8, 4) is 0 Å². The molecule has 1 amide bonds. The fourth-order valence-corrected chi connectivity index (χ4v) is 3.33. The van der Waals surface area contributed by atoms with Crippen LogP contribution >= 0.6 is 0 Å². The lowest BCUT2D eigenvalue weighted by Gasteiger charge is -2.19. The Balaban J connectivity index is 1.54. The van der Waals surface area contributed by atoms with Crippen molar-refractivity contribution in [1.82, 2.24) is 5.32 Å². The van der Waals surface area contributed by atoms with Crippen molar-refractivity contribution in [2.45, 2.75) is 32.2 Å².